The first kappa shape index (κ1) is 10.9. The van der Waals surface area contributed by atoms with E-state index in [2.05, 4.69) is 15.3 Å². The van der Waals surface area contributed by atoms with E-state index in [9.17, 15) is 0 Å². The molecule has 0 bridgehead atoms. The van der Waals surface area contributed by atoms with Gasteiger partial charge < -0.3 is 5.32 Å². The fourth-order valence-electron chi connectivity index (χ4n) is 1.35. The number of hydrogen-bond donors (Lipinski definition) is 1. The molecule has 0 aliphatic carbocycles. The van der Waals surface area contributed by atoms with Crippen molar-refractivity contribution in [2.24, 2.45) is 0 Å². The van der Waals surface area contributed by atoms with Crippen LogP contribution in [0.4, 0.5) is 11.6 Å². The Morgan fingerprint density at radius 3 is 2.62 bits per heavy atom. The molecule has 1 aromatic heterocycles. The molecule has 0 radical (unpaired) electrons. The molecule has 4 heteroatoms. The molecular weight excluding hydrogens is 222 g/mol. The number of aryl methyl sites for hydroxylation is 2. The number of hydrogen-bond acceptors (Lipinski definition) is 3. The predicted octanol–water partition coefficient (Wildman–Crippen LogP) is 3.49. The third kappa shape index (κ3) is 2.31. The van der Waals surface area contributed by atoms with Gasteiger partial charge in [0.1, 0.15) is 0 Å². The highest BCUT2D eigenvalue weighted by molar-refractivity contribution is 6.31. The third-order valence-electron chi connectivity index (χ3n) is 2.31. The summed E-state index contributed by atoms with van der Waals surface area (Å²) in [7, 11) is 0. The lowest BCUT2D eigenvalue weighted by atomic mass is 10.2. The van der Waals surface area contributed by atoms with Crippen LogP contribution in [0.25, 0.3) is 0 Å². The van der Waals surface area contributed by atoms with Crippen molar-refractivity contribution in [3.8, 4) is 0 Å². The average molecular weight is 234 g/mol. The lowest BCUT2D eigenvalue weighted by Gasteiger charge is -2.08. The molecular formula is C12H12ClN3. The Kier molecular flexibility index (Phi) is 3.06. The molecule has 2 rings (SSSR count). The van der Waals surface area contributed by atoms with Gasteiger partial charge in [0.05, 0.1) is 16.9 Å². The first-order chi connectivity index (χ1) is 7.66. The van der Waals surface area contributed by atoms with E-state index in [0.717, 1.165) is 16.9 Å². The highest BCUT2D eigenvalue weighted by Gasteiger charge is 2.02. The molecule has 0 spiro atoms. The molecule has 1 N–H and O–H groups in total. The molecule has 0 aliphatic heterocycles. The minimum Gasteiger partial charge on any atom is -0.324 e. The summed E-state index contributed by atoms with van der Waals surface area (Å²) in [5.74, 6) is 0.566. The normalized spacial score (nSPS) is 10.2. The van der Waals surface area contributed by atoms with Gasteiger partial charge in [-0.2, -0.15) is 0 Å². The van der Waals surface area contributed by atoms with Gasteiger partial charge in [-0.1, -0.05) is 29.8 Å². The first-order valence-corrected chi connectivity index (χ1v) is 5.36. The number of benzene rings is 1. The lowest BCUT2D eigenvalue weighted by Crippen LogP contribution is -1.99. The van der Waals surface area contributed by atoms with E-state index in [1.807, 2.05) is 38.1 Å². The molecule has 0 aliphatic rings. The first-order valence-electron chi connectivity index (χ1n) is 4.98. The van der Waals surface area contributed by atoms with Crippen molar-refractivity contribution < 1.29 is 0 Å². The molecule has 0 fully saturated rings. The second kappa shape index (κ2) is 4.49. The molecule has 0 atom stereocenters. The van der Waals surface area contributed by atoms with Gasteiger partial charge >= 0.3 is 0 Å². The van der Waals surface area contributed by atoms with Crippen LogP contribution in [0.3, 0.4) is 0 Å². The maximum atomic E-state index is 5.86. The zero-order valence-corrected chi connectivity index (χ0v) is 9.92. The van der Waals surface area contributed by atoms with Gasteiger partial charge in [0.25, 0.3) is 0 Å². The minimum absolute atomic E-state index is 0.566. The lowest BCUT2D eigenvalue weighted by molar-refractivity contribution is 1.10. The summed E-state index contributed by atoms with van der Waals surface area (Å²) in [6.45, 7) is 3.89. The molecule has 82 valence electrons. The Labute approximate surface area is 99.5 Å². The van der Waals surface area contributed by atoms with Gasteiger partial charge in [0.15, 0.2) is 0 Å². The molecule has 2 aromatic rings. The smallest absolute Gasteiger partial charge is 0.227 e. The summed E-state index contributed by atoms with van der Waals surface area (Å²) < 4.78 is 0. The van der Waals surface area contributed by atoms with Crippen molar-refractivity contribution in [2.75, 3.05) is 5.32 Å². The van der Waals surface area contributed by atoms with E-state index >= 15 is 0 Å². The van der Waals surface area contributed by atoms with Gasteiger partial charge in [-0.05, 0) is 25.5 Å². The summed E-state index contributed by atoms with van der Waals surface area (Å²) >= 11 is 5.86. The monoisotopic (exact) mass is 233 g/mol. The number of anilines is 2. The second-order valence-electron chi connectivity index (χ2n) is 3.57. The highest BCUT2D eigenvalue weighted by atomic mass is 35.5. The fraction of sp³-hybridized carbons (Fsp3) is 0.167. The summed E-state index contributed by atoms with van der Waals surface area (Å²) in [6, 6.07) is 7.99. The van der Waals surface area contributed by atoms with E-state index < -0.39 is 0 Å². The highest BCUT2D eigenvalue weighted by Crippen LogP contribution is 2.19. The topological polar surface area (TPSA) is 37.8 Å². The summed E-state index contributed by atoms with van der Waals surface area (Å²) in [5.41, 5.74) is 2.93. The van der Waals surface area contributed by atoms with Crippen molar-refractivity contribution in [1.82, 2.24) is 9.97 Å². The molecule has 0 saturated heterocycles. The van der Waals surface area contributed by atoms with Gasteiger partial charge in [-0.25, -0.2) is 9.97 Å². The maximum absolute atomic E-state index is 5.86. The molecule has 1 aromatic carbocycles. The number of para-hydroxylation sites is 1. The number of aromatic nitrogens is 2. The van der Waals surface area contributed by atoms with Crippen molar-refractivity contribution in [2.45, 2.75) is 13.8 Å². The van der Waals surface area contributed by atoms with E-state index in [1.165, 1.54) is 0 Å². The Hall–Kier alpha value is -1.61. The summed E-state index contributed by atoms with van der Waals surface area (Å²) in [4.78, 5) is 8.38. The van der Waals surface area contributed by atoms with Crippen LogP contribution in [-0.2, 0) is 0 Å². The number of rotatable bonds is 2. The molecule has 0 amide bonds. The van der Waals surface area contributed by atoms with Gasteiger partial charge in [-0.15, -0.1) is 0 Å². The molecule has 16 heavy (non-hydrogen) atoms. The van der Waals surface area contributed by atoms with Crippen molar-refractivity contribution in [1.29, 1.82) is 0 Å². The Morgan fingerprint density at radius 2 is 1.94 bits per heavy atom. The average Bonchev–Trinajstić information content (AvgIpc) is 2.27. The quantitative estimate of drug-likeness (QED) is 0.863. The second-order valence-corrected chi connectivity index (χ2v) is 3.97. The molecule has 0 unspecified atom stereocenters. The number of nitrogens with zero attached hydrogens (tertiary/aromatic N) is 2. The van der Waals surface area contributed by atoms with Crippen LogP contribution in [0.1, 0.15) is 11.3 Å². The zero-order chi connectivity index (χ0) is 11.5. The Bertz CT molecular complexity index is 511. The Balaban J connectivity index is 2.28. The largest absolute Gasteiger partial charge is 0.324 e. The number of halogens is 1. The van der Waals surface area contributed by atoms with Crippen LogP contribution in [0, 0.1) is 13.8 Å². The van der Waals surface area contributed by atoms with Crippen LogP contribution >= 0.6 is 11.6 Å². The van der Waals surface area contributed by atoms with Crippen LogP contribution < -0.4 is 5.32 Å². The number of nitrogens with one attached hydrogen (secondary N) is 1. The standard InChI is InChI=1S/C12H12ClN3/c1-8-5-3-4-6-11(8)16-12-14-7-10(13)9(2)15-12/h3-7H,1-2H3,(H,14,15,16). The van der Waals surface area contributed by atoms with E-state index in [4.69, 9.17) is 11.6 Å². The van der Waals surface area contributed by atoms with E-state index in [-0.39, 0.29) is 0 Å². The van der Waals surface area contributed by atoms with Gasteiger partial charge in [0.2, 0.25) is 5.95 Å². The fourth-order valence-corrected chi connectivity index (χ4v) is 1.44. The van der Waals surface area contributed by atoms with Gasteiger partial charge in [-0.3, -0.25) is 0 Å². The van der Waals surface area contributed by atoms with Crippen LogP contribution in [-0.4, -0.2) is 9.97 Å². The molecule has 0 saturated carbocycles. The molecule has 1 heterocycles. The third-order valence-corrected chi connectivity index (χ3v) is 2.68. The van der Waals surface area contributed by atoms with E-state index in [0.29, 0.717) is 11.0 Å². The van der Waals surface area contributed by atoms with Crippen LogP contribution in [0.5, 0.6) is 0 Å². The van der Waals surface area contributed by atoms with Crippen LogP contribution in [0.2, 0.25) is 5.02 Å². The van der Waals surface area contributed by atoms with Crippen LogP contribution in [0.15, 0.2) is 30.5 Å². The van der Waals surface area contributed by atoms with Crippen molar-refractivity contribution in [3.63, 3.8) is 0 Å². The van der Waals surface area contributed by atoms with Gasteiger partial charge in [0, 0.05) is 5.69 Å². The predicted molar refractivity (Wildman–Crippen MR) is 66.2 cm³/mol. The summed E-state index contributed by atoms with van der Waals surface area (Å²) in [6.07, 6.45) is 1.60. The van der Waals surface area contributed by atoms with Crippen molar-refractivity contribution >= 4 is 23.2 Å². The summed E-state index contributed by atoms with van der Waals surface area (Å²) in [5, 5.41) is 3.74. The Morgan fingerprint density at radius 1 is 1.19 bits per heavy atom. The maximum Gasteiger partial charge on any atom is 0.227 e. The SMILES string of the molecule is Cc1ccccc1Nc1ncc(Cl)c(C)n1. The van der Waals surface area contributed by atoms with E-state index in [1.54, 1.807) is 6.20 Å². The minimum atomic E-state index is 0.566. The van der Waals surface area contributed by atoms with Crippen molar-refractivity contribution in [3.05, 3.63) is 46.7 Å². The zero-order valence-electron chi connectivity index (χ0n) is 9.16. The molecule has 3 nitrogen and oxygen atoms in total.